The van der Waals surface area contributed by atoms with Crippen LogP contribution in [0.1, 0.15) is 106 Å². The lowest BCUT2D eigenvalue weighted by atomic mass is 9.85. The van der Waals surface area contributed by atoms with Crippen LogP contribution >= 0.6 is 0 Å². The molecule has 3 aromatic rings. The van der Waals surface area contributed by atoms with Crippen molar-refractivity contribution >= 4 is 52.5 Å². The van der Waals surface area contributed by atoms with Crippen molar-refractivity contribution in [2.24, 2.45) is 5.92 Å². The van der Waals surface area contributed by atoms with Crippen LogP contribution in [0.25, 0.3) is 0 Å². The van der Waals surface area contributed by atoms with Crippen molar-refractivity contribution in [3.05, 3.63) is 59.8 Å². The van der Waals surface area contributed by atoms with Crippen LogP contribution in [-0.4, -0.2) is 104 Å². The molecule has 3 N–H and O–H groups in total. The van der Waals surface area contributed by atoms with Gasteiger partial charge in [-0.15, -0.1) is 0 Å². The van der Waals surface area contributed by atoms with Crippen molar-refractivity contribution in [1.82, 2.24) is 25.5 Å². The lowest BCUT2D eigenvalue weighted by molar-refractivity contribution is -0.134. The van der Waals surface area contributed by atoms with Crippen LogP contribution in [0.5, 0.6) is 5.75 Å². The highest BCUT2D eigenvalue weighted by Crippen LogP contribution is 2.40. The van der Waals surface area contributed by atoms with Crippen molar-refractivity contribution in [1.29, 1.82) is 0 Å². The van der Waals surface area contributed by atoms with Gasteiger partial charge in [-0.25, -0.2) is 4.98 Å². The zero-order valence-corrected chi connectivity index (χ0v) is 34.9. The molecule has 5 aliphatic rings. The van der Waals surface area contributed by atoms with E-state index >= 15 is 0 Å². The van der Waals surface area contributed by atoms with E-state index in [0.717, 1.165) is 95.2 Å². The molecule has 1 unspecified atom stereocenters. The molecule has 314 valence electrons. The highest BCUT2D eigenvalue weighted by atomic mass is 16.5. The van der Waals surface area contributed by atoms with E-state index in [1.807, 2.05) is 25.1 Å². The summed E-state index contributed by atoms with van der Waals surface area (Å²) in [6, 6.07) is 14.4. The summed E-state index contributed by atoms with van der Waals surface area (Å²) in [7, 11) is 5.63. The number of hydrogen-bond donors (Lipinski definition) is 3. The maximum Gasteiger partial charge on any atom is 0.251 e. The molecule has 0 spiro atoms. The van der Waals surface area contributed by atoms with E-state index in [2.05, 4.69) is 54.8 Å². The summed E-state index contributed by atoms with van der Waals surface area (Å²) in [5, 5.41) is 9.06. The van der Waals surface area contributed by atoms with E-state index in [-0.39, 0.29) is 47.7 Å². The minimum absolute atomic E-state index is 0.0455. The number of rotatable bonds is 11. The monoisotopic (exact) mass is 805 g/mol. The molecule has 0 bridgehead atoms. The minimum atomic E-state index is -0.301. The van der Waals surface area contributed by atoms with Crippen LogP contribution in [-0.2, 0) is 14.4 Å². The van der Waals surface area contributed by atoms with E-state index < -0.39 is 0 Å². The molecule has 4 heterocycles. The first-order chi connectivity index (χ1) is 28.6. The van der Waals surface area contributed by atoms with Crippen molar-refractivity contribution < 1.29 is 23.9 Å². The number of methoxy groups -OCH3 is 1. The second-order valence-corrected chi connectivity index (χ2v) is 17.3. The number of amides is 4. The standard InChI is InChI=1S/C45H59N9O5/c1-28-44(58)52(3)38-26-46-45(50-41(38)54(28)35-7-5-6-8-35)48-37-19-13-31(25-39(37)59-4)42(56)47-32-14-9-29(10-15-32)27-51(2)33-21-23-53(24-22-33)34-16-11-30(12-17-34)36-18-20-40(55)49-43(36)57/h11-13,16-17,19,25-26,28-29,32-33,35-36H,5-10,14-15,18,20-24,27H2,1-4H3,(H,47,56)(H,46,48,50)(H,49,55,57)/t28-,29?,32?,36?/m1/s1. The average molecular weight is 806 g/mol. The average Bonchev–Trinajstić information content (AvgIpc) is 3.78. The van der Waals surface area contributed by atoms with Gasteiger partial charge in [0.05, 0.1) is 24.9 Å². The van der Waals surface area contributed by atoms with E-state index in [1.54, 1.807) is 37.4 Å². The fourth-order valence-electron chi connectivity index (χ4n) is 10.1. The Morgan fingerprint density at radius 1 is 0.949 bits per heavy atom. The third-order valence-electron chi connectivity index (χ3n) is 13.6. The summed E-state index contributed by atoms with van der Waals surface area (Å²) in [6.07, 6.45) is 13.3. The van der Waals surface area contributed by atoms with Crippen LogP contribution in [0.15, 0.2) is 48.7 Å². The normalized spacial score (nSPS) is 24.3. The minimum Gasteiger partial charge on any atom is -0.495 e. The molecule has 59 heavy (non-hydrogen) atoms. The number of benzene rings is 2. The predicted molar refractivity (Wildman–Crippen MR) is 229 cm³/mol. The Balaban J connectivity index is 0.799. The van der Waals surface area contributed by atoms with Gasteiger partial charge in [0.2, 0.25) is 23.7 Å². The number of carbonyl (C=O) groups is 4. The van der Waals surface area contributed by atoms with Crippen LogP contribution in [0.3, 0.4) is 0 Å². The number of imide groups is 1. The summed E-state index contributed by atoms with van der Waals surface area (Å²) in [4.78, 5) is 68.7. The largest absolute Gasteiger partial charge is 0.495 e. The predicted octanol–water partition coefficient (Wildman–Crippen LogP) is 5.75. The van der Waals surface area contributed by atoms with Gasteiger partial charge in [-0.05, 0) is 114 Å². The van der Waals surface area contributed by atoms with Crippen LogP contribution in [0, 0.1) is 5.92 Å². The molecule has 3 aliphatic heterocycles. The molecule has 1 aromatic heterocycles. The number of hydrogen-bond acceptors (Lipinski definition) is 11. The van der Waals surface area contributed by atoms with Gasteiger partial charge in [-0.3, -0.25) is 24.5 Å². The second kappa shape index (κ2) is 17.5. The summed E-state index contributed by atoms with van der Waals surface area (Å²) >= 11 is 0. The van der Waals surface area contributed by atoms with E-state index in [9.17, 15) is 19.2 Å². The lowest BCUT2D eigenvalue weighted by Gasteiger charge is -2.42. The summed E-state index contributed by atoms with van der Waals surface area (Å²) < 4.78 is 5.73. The number of piperidine rings is 2. The maximum atomic E-state index is 13.5. The molecule has 14 heteroatoms. The lowest BCUT2D eigenvalue weighted by Crippen LogP contribution is -2.54. The fourth-order valence-corrected chi connectivity index (χ4v) is 10.1. The summed E-state index contributed by atoms with van der Waals surface area (Å²) in [5.74, 6) is 1.60. The molecule has 8 rings (SSSR count). The van der Waals surface area contributed by atoms with Crippen LogP contribution < -0.4 is 35.4 Å². The Bertz CT molecular complexity index is 2020. The smallest absolute Gasteiger partial charge is 0.251 e. The topological polar surface area (TPSA) is 152 Å². The van der Waals surface area contributed by atoms with Crippen LogP contribution in [0.2, 0.25) is 0 Å². The van der Waals surface area contributed by atoms with Gasteiger partial charge in [-0.2, -0.15) is 4.98 Å². The molecule has 4 amide bonds. The number of nitrogens with zero attached hydrogens (tertiary/aromatic N) is 6. The van der Waals surface area contributed by atoms with Crippen molar-refractivity contribution in [2.45, 2.75) is 114 Å². The molecule has 4 fully saturated rings. The molecule has 2 atom stereocenters. The highest BCUT2D eigenvalue weighted by molar-refractivity contribution is 6.04. The maximum absolute atomic E-state index is 13.5. The van der Waals surface area contributed by atoms with Gasteiger partial charge in [-0.1, -0.05) is 25.0 Å². The molecule has 2 saturated carbocycles. The van der Waals surface area contributed by atoms with E-state index in [0.29, 0.717) is 53.4 Å². The Morgan fingerprint density at radius 3 is 2.37 bits per heavy atom. The third kappa shape index (κ3) is 8.73. The molecule has 2 saturated heterocycles. The third-order valence-corrected chi connectivity index (χ3v) is 13.6. The Hall–Kier alpha value is -5.24. The van der Waals surface area contributed by atoms with E-state index in [1.165, 1.54) is 5.69 Å². The van der Waals surface area contributed by atoms with Gasteiger partial charge < -0.3 is 35.0 Å². The Labute approximate surface area is 347 Å². The van der Waals surface area contributed by atoms with Gasteiger partial charge in [0.1, 0.15) is 17.5 Å². The number of nitrogens with one attached hydrogen (secondary N) is 3. The SMILES string of the molecule is COc1cc(C(=O)NC2CCC(CN(C)C3CCN(c4ccc(C5CCC(=O)NC5=O)cc4)CC3)CC2)ccc1Nc1ncc2c(n1)N(C1CCCC1)[C@H](C)C(=O)N2C. The number of ether oxygens (including phenoxy) is 1. The molecule has 2 aliphatic carbocycles. The van der Waals surface area contributed by atoms with E-state index in [4.69, 9.17) is 9.72 Å². The van der Waals surface area contributed by atoms with Crippen molar-refractivity contribution in [3.8, 4) is 5.75 Å². The second-order valence-electron chi connectivity index (χ2n) is 17.3. The number of fused-ring (bicyclic) bond motifs is 1. The summed E-state index contributed by atoms with van der Waals surface area (Å²) in [5.41, 5.74) is 4.05. The van der Waals surface area contributed by atoms with Gasteiger partial charge in [0.15, 0.2) is 5.82 Å². The zero-order valence-electron chi connectivity index (χ0n) is 34.9. The number of aromatic nitrogens is 2. The number of likely N-dealkylation sites (N-methyl/N-ethyl adjacent to an activating group) is 1. The van der Waals surface area contributed by atoms with Gasteiger partial charge in [0, 0.05) is 62.5 Å². The molecular formula is C45H59N9O5. The molecule has 2 aromatic carbocycles. The quantitative estimate of drug-likeness (QED) is 0.203. The summed E-state index contributed by atoms with van der Waals surface area (Å²) in [6.45, 7) is 5.01. The zero-order chi connectivity index (χ0) is 41.2. The molecule has 14 nitrogen and oxygen atoms in total. The molecule has 0 radical (unpaired) electrons. The van der Waals surface area contributed by atoms with Crippen molar-refractivity contribution in [3.63, 3.8) is 0 Å². The first-order valence-corrected chi connectivity index (χ1v) is 21.6. The fraction of sp³-hybridized carbons (Fsp3) is 0.556. The molecular weight excluding hydrogens is 747 g/mol. The Kier molecular flexibility index (Phi) is 12.1. The van der Waals surface area contributed by atoms with Gasteiger partial charge in [0.25, 0.3) is 5.91 Å². The Morgan fingerprint density at radius 2 is 1.68 bits per heavy atom. The first kappa shape index (κ1) is 40.5. The number of anilines is 5. The number of carbonyl (C=O) groups excluding carboxylic acids is 4. The highest BCUT2D eigenvalue weighted by Gasteiger charge is 2.40. The van der Waals surface area contributed by atoms with Crippen LogP contribution in [0.4, 0.5) is 28.8 Å². The first-order valence-electron chi connectivity index (χ1n) is 21.6. The van der Waals surface area contributed by atoms with Gasteiger partial charge >= 0.3 is 0 Å². The van der Waals surface area contributed by atoms with Crippen molar-refractivity contribution in [2.75, 3.05) is 60.9 Å².